The van der Waals surface area contributed by atoms with Crippen molar-refractivity contribution >= 4 is 17.8 Å². The molecule has 0 aliphatic rings. The highest BCUT2D eigenvalue weighted by Crippen LogP contribution is 2.18. The number of hydrogen-bond donors (Lipinski definition) is 2. The van der Waals surface area contributed by atoms with Crippen LogP contribution < -0.4 is 5.32 Å². The lowest BCUT2D eigenvalue weighted by atomic mass is 10.0. The number of amides is 1. The van der Waals surface area contributed by atoms with Gasteiger partial charge in [0.15, 0.2) is 0 Å². The van der Waals surface area contributed by atoms with E-state index in [-0.39, 0.29) is 24.5 Å². The first-order valence-corrected chi connectivity index (χ1v) is 21.4. The second-order valence-corrected chi connectivity index (χ2v) is 14.2. The van der Waals surface area contributed by atoms with Crippen molar-refractivity contribution in [3.05, 3.63) is 60.8 Å². The zero-order valence-electron chi connectivity index (χ0n) is 33.6. The van der Waals surface area contributed by atoms with Crippen molar-refractivity contribution < 1.29 is 24.2 Å². The smallest absolute Gasteiger partial charge is 0.322 e. The van der Waals surface area contributed by atoms with Crippen molar-refractivity contribution in [1.29, 1.82) is 0 Å². The Bertz CT molecular complexity index is 979. The second-order valence-electron chi connectivity index (χ2n) is 14.2. The first-order chi connectivity index (χ1) is 25.5. The molecule has 0 heterocycles. The fourth-order valence-corrected chi connectivity index (χ4v) is 5.97. The van der Waals surface area contributed by atoms with Crippen molar-refractivity contribution in [3.8, 4) is 0 Å². The van der Waals surface area contributed by atoms with Crippen LogP contribution in [-0.4, -0.2) is 35.6 Å². The van der Waals surface area contributed by atoms with Gasteiger partial charge in [0, 0.05) is 12.8 Å². The van der Waals surface area contributed by atoms with Crippen LogP contribution in [0, 0.1) is 0 Å². The van der Waals surface area contributed by atoms with E-state index in [1.807, 2.05) is 0 Å². The number of hydrogen-bond acceptors (Lipinski definition) is 4. The monoisotopic (exact) mass is 726 g/mol. The number of rotatable bonds is 38. The number of nitrogens with one attached hydrogen (secondary N) is 1. The van der Waals surface area contributed by atoms with Gasteiger partial charge in [-0.15, -0.1) is 0 Å². The maximum atomic E-state index is 12.7. The van der Waals surface area contributed by atoms with Crippen LogP contribution in [0.5, 0.6) is 0 Å². The summed E-state index contributed by atoms with van der Waals surface area (Å²) in [6, 6.07) is 0. The summed E-state index contributed by atoms with van der Waals surface area (Å²) in [4.78, 5) is 35.0. The highest BCUT2D eigenvalue weighted by Gasteiger charge is 2.14. The number of carboxylic acids is 1. The molecule has 0 saturated heterocycles. The highest BCUT2D eigenvalue weighted by atomic mass is 16.5. The quantitative estimate of drug-likeness (QED) is 0.0375. The lowest BCUT2D eigenvalue weighted by Gasteiger charge is -2.18. The SMILES string of the molecule is CCCCC/C=C\C/C=C\C/C=C\CCCCCCCCC(=O)OC(CCC/C=C\C/C=C\CCCCC)CCCCCCCC(=O)NCC(=O)O. The Morgan fingerprint density at radius 3 is 1.42 bits per heavy atom. The molecule has 0 rings (SSSR count). The zero-order chi connectivity index (χ0) is 38.0. The Kier molecular flexibility index (Phi) is 38.6. The molecule has 0 spiro atoms. The lowest BCUT2D eigenvalue weighted by molar-refractivity contribution is -0.150. The Hall–Kier alpha value is -2.89. The van der Waals surface area contributed by atoms with Crippen molar-refractivity contribution in [3.63, 3.8) is 0 Å². The van der Waals surface area contributed by atoms with Crippen LogP contribution in [-0.2, 0) is 19.1 Å². The van der Waals surface area contributed by atoms with Crippen LogP contribution >= 0.6 is 0 Å². The molecular weight excluding hydrogens is 647 g/mol. The van der Waals surface area contributed by atoms with Gasteiger partial charge in [-0.05, 0) is 103 Å². The van der Waals surface area contributed by atoms with E-state index in [0.29, 0.717) is 12.8 Å². The summed E-state index contributed by atoms with van der Waals surface area (Å²) in [6.45, 7) is 4.16. The predicted octanol–water partition coefficient (Wildman–Crippen LogP) is 13.2. The largest absolute Gasteiger partial charge is 0.480 e. The van der Waals surface area contributed by atoms with E-state index in [1.54, 1.807) is 0 Å². The summed E-state index contributed by atoms with van der Waals surface area (Å²) in [5.74, 6) is -1.28. The fourth-order valence-electron chi connectivity index (χ4n) is 5.97. The van der Waals surface area contributed by atoms with Crippen molar-refractivity contribution in [2.45, 2.75) is 206 Å². The molecule has 1 unspecified atom stereocenters. The molecular formula is C46H79NO5. The molecule has 0 aliphatic carbocycles. The topological polar surface area (TPSA) is 92.7 Å². The normalized spacial score (nSPS) is 12.7. The Morgan fingerprint density at radius 2 is 0.904 bits per heavy atom. The minimum absolute atomic E-state index is 0.0261. The van der Waals surface area contributed by atoms with Crippen LogP contribution in [0.4, 0.5) is 0 Å². The summed E-state index contributed by atoms with van der Waals surface area (Å²) in [5, 5.41) is 11.1. The summed E-state index contributed by atoms with van der Waals surface area (Å²) in [5.41, 5.74) is 0. The minimum atomic E-state index is -1.02. The van der Waals surface area contributed by atoms with E-state index in [0.717, 1.165) is 96.3 Å². The Balaban J connectivity index is 4.21. The molecule has 298 valence electrons. The van der Waals surface area contributed by atoms with Gasteiger partial charge in [0.25, 0.3) is 0 Å². The molecule has 1 atom stereocenters. The number of esters is 1. The molecule has 0 radical (unpaired) electrons. The highest BCUT2D eigenvalue weighted by molar-refractivity contribution is 5.80. The molecule has 6 nitrogen and oxygen atoms in total. The summed E-state index contributed by atoms with van der Waals surface area (Å²) < 4.78 is 5.99. The van der Waals surface area contributed by atoms with E-state index in [9.17, 15) is 14.4 Å². The van der Waals surface area contributed by atoms with Crippen LogP contribution in [0.1, 0.15) is 200 Å². The average Bonchev–Trinajstić information content (AvgIpc) is 3.13. The average molecular weight is 726 g/mol. The van der Waals surface area contributed by atoms with E-state index in [1.165, 1.54) is 77.0 Å². The number of carboxylic acid groups (broad SMARTS) is 1. The predicted molar refractivity (Wildman–Crippen MR) is 221 cm³/mol. The molecule has 0 aromatic heterocycles. The van der Waals surface area contributed by atoms with Crippen molar-refractivity contribution in [2.24, 2.45) is 0 Å². The Morgan fingerprint density at radius 1 is 0.500 bits per heavy atom. The fraction of sp³-hybridized carbons (Fsp3) is 0.717. The van der Waals surface area contributed by atoms with Crippen LogP contribution in [0.3, 0.4) is 0 Å². The third-order valence-corrected chi connectivity index (χ3v) is 9.16. The van der Waals surface area contributed by atoms with Gasteiger partial charge in [-0.2, -0.15) is 0 Å². The molecule has 6 heteroatoms. The van der Waals surface area contributed by atoms with Crippen LogP contribution in [0.25, 0.3) is 0 Å². The van der Waals surface area contributed by atoms with Gasteiger partial charge < -0.3 is 15.2 Å². The first-order valence-electron chi connectivity index (χ1n) is 21.4. The minimum Gasteiger partial charge on any atom is -0.480 e. The van der Waals surface area contributed by atoms with Gasteiger partial charge >= 0.3 is 11.9 Å². The van der Waals surface area contributed by atoms with E-state index in [4.69, 9.17) is 9.84 Å². The van der Waals surface area contributed by atoms with Gasteiger partial charge in [-0.3, -0.25) is 14.4 Å². The van der Waals surface area contributed by atoms with E-state index >= 15 is 0 Å². The second kappa shape index (κ2) is 40.9. The van der Waals surface area contributed by atoms with Gasteiger partial charge in [0.1, 0.15) is 12.6 Å². The van der Waals surface area contributed by atoms with Gasteiger partial charge in [-0.1, -0.05) is 145 Å². The first kappa shape index (κ1) is 49.1. The molecule has 2 N–H and O–H groups in total. The molecule has 0 fully saturated rings. The summed E-state index contributed by atoms with van der Waals surface area (Å²) in [7, 11) is 0. The summed E-state index contributed by atoms with van der Waals surface area (Å²) in [6.07, 6.45) is 53.4. The van der Waals surface area contributed by atoms with E-state index < -0.39 is 5.97 Å². The van der Waals surface area contributed by atoms with Crippen molar-refractivity contribution in [2.75, 3.05) is 6.54 Å². The maximum absolute atomic E-state index is 12.7. The molecule has 0 bridgehead atoms. The number of ether oxygens (including phenoxy) is 1. The zero-order valence-corrected chi connectivity index (χ0v) is 33.6. The molecule has 1 amide bonds. The van der Waals surface area contributed by atoms with E-state index in [2.05, 4.69) is 79.9 Å². The van der Waals surface area contributed by atoms with Crippen LogP contribution in [0.2, 0.25) is 0 Å². The molecule has 0 aromatic carbocycles. The molecule has 0 aliphatic heterocycles. The third kappa shape index (κ3) is 39.9. The number of carbonyl (C=O) groups is 3. The number of aliphatic carboxylic acids is 1. The van der Waals surface area contributed by atoms with Crippen molar-refractivity contribution in [1.82, 2.24) is 5.32 Å². The number of carbonyl (C=O) groups excluding carboxylic acids is 2. The molecule has 0 saturated carbocycles. The third-order valence-electron chi connectivity index (χ3n) is 9.16. The van der Waals surface area contributed by atoms with Gasteiger partial charge in [-0.25, -0.2) is 0 Å². The maximum Gasteiger partial charge on any atom is 0.322 e. The lowest BCUT2D eigenvalue weighted by Crippen LogP contribution is -2.28. The van der Waals surface area contributed by atoms with Gasteiger partial charge in [0.2, 0.25) is 5.91 Å². The van der Waals surface area contributed by atoms with Gasteiger partial charge in [0.05, 0.1) is 0 Å². The molecule has 0 aromatic rings. The summed E-state index contributed by atoms with van der Waals surface area (Å²) >= 11 is 0. The Labute approximate surface area is 320 Å². The molecule has 52 heavy (non-hydrogen) atoms. The van der Waals surface area contributed by atoms with Crippen LogP contribution in [0.15, 0.2) is 60.8 Å². The number of unbranched alkanes of at least 4 members (excludes halogenated alkanes) is 17. The standard InChI is InChI=1S/C46H79NO5/c1-3-5-7-9-11-13-15-16-17-18-19-20-21-22-24-26-28-33-37-41-46(51)52-43(38-34-30-27-25-23-14-12-10-8-6-4-2)39-35-31-29-32-36-40-44(48)47-42-45(49)50/h11-14,16-17,19-20,25,27,43H,3-10,15,18,21-24,26,28-42H2,1-2H3,(H,47,48)(H,49,50)/b13-11-,14-12-,17-16-,20-19-,27-25-. The number of allylic oxidation sites excluding steroid dienone is 10.